The van der Waals surface area contributed by atoms with E-state index in [9.17, 15) is 4.79 Å². The third-order valence-electron chi connectivity index (χ3n) is 3.22. The highest BCUT2D eigenvalue weighted by Crippen LogP contribution is 2.21. The zero-order valence-corrected chi connectivity index (χ0v) is 14.4. The molecule has 2 aromatic heterocycles. The van der Waals surface area contributed by atoms with Gasteiger partial charge in [-0.25, -0.2) is 4.98 Å². The van der Waals surface area contributed by atoms with Gasteiger partial charge in [0, 0.05) is 6.20 Å². The van der Waals surface area contributed by atoms with Crippen molar-refractivity contribution >= 4 is 35.1 Å². The van der Waals surface area contributed by atoms with Crippen molar-refractivity contribution in [2.45, 2.75) is 12.1 Å². The molecule has 0 atom stereocenters. The van der Waals surface area contributed by atoms with Crippen LogP contribution >= 0.6 is 23.4 Å². The minimum atomic E-state index is -0.172. The minimum absolute atomic E-state index is 0.172. The van der Waals surface area contributed by atoms with Crippen LogP contribution in [0.5, 0.6) is 0 Å². The molecule has 0 fully saturated rings. The van der Waals surface area contributed by atoms with E-state index in [2.05, 4.69) is 20.5 Å². The molecule has 24 heavy (non-hydrogen) atoms. The second kappa shape index (κ2) is 7.46. The van der Waals surface area contributed by atoms with Gasteiger partial charge in [0.2, 0.25) is 5.91 Å². The van der Waals surface area contributed by atoms with Crippen LogP contribution in [-0.2, 0) is 4.79 Å². The number of anilines is 1. The molecule has 0 saturated carbocycles. The number of nitrogens with one attached hydrogen (secondary N) is 1. The summed E-state index contributed by atoms with van der Waals surface area (Å²) in [4.78, 5) is 16.1. The highest BCUT2D eigenvalue weighted by atomic mass is 35.5. The number of para-hydroxylation sites is 1. The number of thioether (sulfide) groups is 1. The smallest absolute Gasteiger partial charge is 0.236 e. The molecule has 3 aromatic rings. The van der Waals surface area contributed by atoms with E-state index in [0.717, 1.165) is 11.3 Å². The molecule has 0 radical (unpaired) electrons. The van der Waals surface area contributed by atoms with Gasteiger partial charge in [-0.15, -0.1) is 10.2 Å². The van der Waals surface area contributed by atoms with E-state index in [4.69, 9.17) is 11.6 Å². The highest BCUT2D eigenvalue weighted by molar-refractivity contribution is 7.99. The van der Waals surface area contributed by atoms with Crippen molar-refractivity contribution in [3.05, 3.63) is 59.5 Å². The summed E-state index contributed by atoms with van der Waals surface area (Å²) in [6.45, 7) is 2.02. The van der Waals surface area contributed by atoms with Crippen molar-refractivity contribution < 1.29 is 4.79 Å². The monoisotopic (exact) mass is 359 g/mol. The molecular formula is C16H14ClN5OS. The molecule has 0 saturated heterocycles. The Bertz CT molecular complexity index is 850. The van der Waals surface area contributed by atoms with Crippen molar-refractivity contribution in [2.24, 2.45) is 0 Å². The molecule has 8 heteroatoms. The first-order valence-electron chi connectivity index (χ1n) is 7.14. The Morgan fingerprint density at radius 1 is 1.29 bits per heavy atom. The molecule has 0 aliphatic carbocycles. The lowest BCUT2D eigenvalue weighted by Crippen LogP contribution is -2.15. The molecule has 2 heterocycles. The van der Waals surface area contributed by atoms with Gasteiger partial charge in [0.25, 0.3) is 0 Å². The van der Waals surface area contributed by atoms with Crippen molar-refractivity contribution in [3.63, 3.8) is 0 Å². The summed E-state index contributed by atoms with van der Waals surface area (Å²) in [6.07, 6.45) is 3.13. The zero-order chi connectivity index (χ0) is 16.9. The summed E-state index contributed by atoms with van der Waals surface area (Å²) < 4.78 is 1.87. The number of hydrogen-bond donors (Lipinski definition) is 1. The van der Waals surface area contributed by atoms with Crippen molar-refractivity contribution in [1.29, 1.82) is 0 Å². The molecule has 1 N–H and O–H groups in total. The van der Waals surface area contributed by atoms with Gasteiger partial charge in [-0.05, 0) is 30.7 Å². The Hall–Kier alpha value is -2.38. The van der Waals surface area contributed by atoms with Gasteiger partial charge >= 0.3 is 0 Å². The van der Waals surface area contributed by atoms with Crippen molar-refractivity contribution in [3.8, 4) is 5.69 Å². The molecule has 0 spiro atoms. The Morgan fingerprint density at radius 2 is 2.12 bits per heavy atom. The van der Waals surface area contributed by atoms with Crippen LogP contribution in [0, 0.1) is 6.92 Å². The zero-order valence-electron chi connectivity index (χ0n) is 12.8. The molecule has 1 aromatic carbocycles. The van der Waals surface area contributed by atoms with Gasteiger partial charge in [0.05, 0.1) is 16.5 Å². The number of rotatable bonds is 5. The van der Waals surface area contributed by atoms with Gasteiger partial charge in [-0.1, -0.05) is 41.6 Å². The number of aromatic nitrogens is 4. The van der Waals surface area contributed by atoms with Crippen LogP contribution in [0.4, 0.5) is 5.82 Å². The molecular weight excluding hydrogens is 346 g/mol. The normalized spacial score (nSPS) is 10.6. The quantitative estimate of drug-likeness (QED) is 0.707. The van der Waals surface area contributed by atoms with Crippen LogP contribution in [0.15, 0.2) is 54.1 Å². The minimum Gasteiger partial charge on any atom is -0.310 e. The number of carbonyl (C=O) groups is 1. The van der Waals surface area contributed by atoms with E-state index >= 15 is 0 Å². The van der Waals surface area contributed by atoms with E-state index in [1.165, 1.54) is 18.0 Å². The molecule has 122 valence electrons. The maximum Gasteiger partial charge on any atom is 0.236 e. The average molecular weight is 360 g/mol. The van der Waals surface area contributed by atoms with Gasteiger partial charge in [0.1, 0.15) is 12.1 Å². The van der Waals surface area contributed by atoms with Gasteiger partial charge in [-0.2, -0.15) is 0 Å². The first-order chi connectivity index (χ1) is 11.6. The first kappa shape index (κ1) is 16.5. The van der Waals surface area contributed by atoms with E-state index in [0.29, 0.717) is 16.0 Å². The van der Waals surface area contributed by atoms with Gasteiger partial charge in [-0.3, -0.25) is 9.36 Å². The predicted molar refractivity (Wildman–Crippen MR) is 94.7 cm³/mol. The number of halogens is 1. The molecule has 0 unspecified atom stereocenters. The second-order valence-corrected chi connectivity index (χ2v) is 6.35. The molecule has 1 amide bonds. The highest BCUT2D eigenvalue weighted by Gasteiger charge is 2.11. The number of aryl methyl sites for hydroxylation is 1. The summed E-state index contributed by atoms with van der Waals surface area (Å²) in [6, 6.07) is 11.3. The van der Waals surface area contributed by atoms with Crippen LogP contribution in [-0.4, -0.2) is 31.4 Å². The number of amides is 1. The van der Waals surface area contributed by atoms with E-state index in [1.54, 1.807) is 18.5 Å². The van der Waals surface area contributed by atoms with Crippen LogP contribution in [0.3, 0.4) is 0 Å². The van der Waals surface area contributed by atoms with Crippen molar-refractivity contribution in [1.82, 2.24) is 19.7 Å². The third-order valence-corrected chi connectivity index (χ3v) is 4.39. The molecule has 6 nitrogen and oxygen atoms in total. The number of nitrogens with zero attached hydrogens (tertiary/aromatic N) is 4. The van der Waals surface area contributed by atoms with Crippen LogP contribution < -0.4 is 5.32 Å². The van der Waals surface area contributed by atoms with Crippen LogP contribution in [0.2, 0.25) is 5.02 Å². The molecule has 3 rings (SSSR count). The SMILES string of the molecule is Cc1ccccc1-n1cnnc1SCC(=O)Nc1ccc(Cl)cn1. The number of carbonyl (C=O) groups excluding carboxylic acids is 1. The Labute approximate surface area is 148 Å². The maximum atomic E-state index is 12.0. The van der Waals surface area contributed by atoms with Crippen LogP contribution in [0.1, 0.15) is 5.56 Å². The van der Waals surface area contributed by atoms with E-state index in [-0.39, 0.29) is 11.7 Å². The summed E-state index contributed by atoms with van der Waals surface area (Å²) in [5.41, 5.74) is 2.10. The molecule has 0 aliphatic rings. The molecule has 0 aliphatic heterocycles. The van der Waals surface area contributed by atoms with Gasteiger partial charge in [0.15, 0.2) is 5.16 Å². The standard InChI is InChI=1S/C16H14ClN5OS/c1-11-4-2-3-5-13(11)22-10-19-21-16(22)24-9-15(23)20-14-7-6-12(17)8-18-14/h2-8,10H,9H2,1H3,(H,18,20,23). The summed E-state index contributed by atoms with van der Waals surface area (Å²) in [5, 5.41) is 11.9. The fraction of sp³-hybridized carbons (Fsp3) is 0.125. The summed E-state index contributed by atoms with van der Waals surface area (Å²) in [7, 11) is 0. The maximum absolute atomic E-state index is 12.0. The number of hydrogen-bond acceptors (Lipinski definition) is 5. The fourth-order valence-electron chi connectivity index (χ4n) is 2.08. The van der Waals surface area contributed by atoms with Crippen molar-refractivity contribution in [2.75, 3.05) is 11.1 Å². The average Bonchev–Trinajstić information content (AvgIpc) is 3.04. The molecule has 0 bridgehead atoms. The fourth-order valence-corrected chi connectivity index (χ4v) is 2.91. The first-order valence-corrected chi connectivity index (χ1v) is 8.50. The predicted octanol–water partition coefficient (Wildman–Crippen LogP) is 3.35. The Balaban J connectivity index is 1.65. The second-order valence-electron chi connectivity index (χ2n) is 4.97. The topological polar surface area (TPSA) is 72.7 Å². The van der Waals surface area contributed by atoms with Gasteiger partial charge < -0.3 is 5.32 Å². The number of pyridine rings is 1. The van der Waals surface area contributed by atoms with Crippen LogP contribution in [0.25, 0.3) is 5.69 Å². The number of benzene rings is 1. The Morgan fingerprint density at radius 3 is 2.88 bits per heavy atom. The third kappa shape index (κ3) is 3.93. The van der Waals surface area contributed by atoms with E-state index < -0.39 is 0 Å². The lowest BCUT2D eigenvalue weighted by molar-refractivity contribution is -0.113. The van der Waals surface area contributed by atoms with E-state index in [1.807, 2.05) is 35.8 Å². The summed E-state index contributed by atoms with van der Waals surface area (Å²) in [5.74, 6) is 0.494. The largest absolute Gasteiger partial charge is 0.310 e. The Kier molecular flexibility index (Phi) is 5.12. The summed E-state index contributed by atoms with van der Waals surface area (Å²) >= 11 is 7.08. The lowest BCUT2D eigenvalue weighted by atomic mass is 10.2. The lowest BCUT2D eigenvalue weighted by Gasteiger charge is -2.09.